The zero-order valence-corrected chi connectivity index (χ0v) is 4.79. The highest BCUT2D eigenvalue weighted by molar-refractivity contribution is 5.09. The van der Waals surface area contributed by atoms with Gasteiger partial charge in [0.1, 0.15) is 11.4 Å². The molecular formula is C3H5N6+. The minimum absolute atomic E-state index is 0.197. The monoisotopic (exact) mass is 125 g/mol. The van der Waals surface area contributed by atoms with E-state index in [0.29, 0.717) is 5.82 Å². The number of nitrogens with zero attached hydrogens (tertiary/aromatic N) is 4. The fourth-order valence-corrected chi connectivity index (χ4v) is 0.420. The summed E-state index contributed by atoms with van der Waals surface area (Å²) in [5.41, 5.74) is 6.31. The lowest BCUT2D eigenvalue weighted by molar-refractivity contribution is 0.948. The van der Waals surface area contributed by atoms with Crippen LogP contribution in [0.1, 0.15) is 5.82 Å². The Balaban J connectivity index is 2.97. The molecule has 0 aromatic carbocycles. The van der Waals surface area contributed by atoms with E-state index in [1.165, 1.54) is 0 Å². The Morgan fingerprint density at radius 2 is 2.56 bits per heavy atom. The summed E-state index contributed by atoms with van der Waals surface area (Å²) in [5.74, 6) is 0.861. The molecule has 0 bridgehead atoms. The maximum atomic E-state index is 6.31. The first kappa shape index (κ1) is 5.58. The fourth-order valence-electron chi connectivity index (χ4n) is 0.420. The number of aromatic amines is 1. The highest BCUT2D eigenvalue weighted by atomic mass is 15.3. The molecule has 9 heavy (non-hydrogen) atoms. The molecule has 0 amide bonds. The standard InChI is InChI=1S/C3H4N6/c1-2-5-3(7-6-2)8-9-4/h4H,1H3/p+1. The Kier molecular flexibility index (Phi) is 1.33. The SMILES string of the molecule is Cc1nc(N=[N+]=N)n[nH]1. The molecule has 0 aliphatic carbocycles. The number of hydrogen-bond acceptors (Lipinski definition) is 4. The molecule has 6 nitrogen and oxygen atoms in total. The molecule has 2 N–H and O–H groups in total. The first-order valence-corrected chi connectivity index (χ1v) is 2.29. The van der Waals surface area contributed by atoms with Gasteiger partial charge in [-0.25, -0.2) is 0 Å². The summed E-state index contributed by atoms with van der Waals surface area (Å²) in [5, 5.41) is 9.41. The van der Waals surface area contributed by atoms with Gasteiger partial charge in [-0.15, -0.1) is 5.10 Å². The molecule has 1 heterocycles. The lowest BCUT2D eigenvalue weighted by Crippen LogP contribution is -1.69. The van der Waals surface area contributed by atoms with Crippen LogP contribution < -0.4 is 4.91 Å². The predicted octanol–water partition coefficient (Wildman–Crippen LogP) is 0.295. The number of aryl methyl sites for hydroxylation is 1. The van der Waals surface area contributed by atoms with Crippen LogP contribution in [-0.4, -0.2) is 15.2 Å². The van der Waals surface area contributed by atoms with Gasteiger partial charge in [0.2, 0.25) is 10.0 Å². The van der Waals surface area contributed by atoms with Crippen LogP contribution in [0.5, 0.6) is 0 Å². The second-order valence-corrected chi connectivity index (χ2v) is 1.42. The van der Waals surface area contributed by atoms with E-state index in [2.05, 4.69) is 25.2 Å². The summed E-state index contributed by atoms with van der Waals surface area (Å²) >= 11 is 0. The Morgan fingerprint density at radius 3 is 3.00 bits per heavy atom. The number of H-pyrrole nitrogens is 1. The van der Waals surface area contributed by atoms with Gasteiger partial charge in [-0.1, -0.05) is 0 Å². The summed E-state index contributed by atoms with van der Waals surface area (Å²) in [7, 11) is 0. The van der Waals surface area contributed by atoms with Gasteiger partial charge in [0.05, 0.1) is 0 Å². The van der Waals surface area contributed by atoms with Gasteiger partial charge in [0, 0.05) is 0 Å². The maximum Gasteiger partial charge on any atom is 0.355 e. The highest BCUT2D eigenvalue weighted by Gasteiger charge is 1.99. The molecule has 0 aliphatic heterocycles. The lowest BCUT2D eigenvalue weighted by atomic mass is 10.8. The Bertz CT molecular complexity index is 243. The molecule has 0 unspecified atom stereocenters. The third kappa shape index (κ3) is 1.17. The van der Waals surface area contributed by atoms with E-state index in [1.54, 1.807) is 6.92 Å². The highest BCUT2D eigenvalue weighted by Crippen LogP contribution is 1.98. The van der Waals surface area contributed by atoms with Crippen LogP contribution in [0.4, 0.5) is 5.95 Å². The van der Waals surface area contributed by atoms with Gasteiger partial charge >= 0.3 is 5.95 Å². The van der Waals surface area contributed by atoms with Gasteiger partial charge in [-0.05, 0) is 6.92 Å². The molecule has 0 fully saturated rings. The number of aromatic nitrogens is 3. The van der Waals surface area contributed by atoms with Crippen molar-refractivity contribution in [2.75, 3.05) is 0 Å². The molecule has 6 heteroatoms. The van der Waals surface area contributed by atoms with Crippen molar-refractivity contribution in [1.29, 1.82) is 5.53 Å². The van der Waals surface area contributed by atoms with Crippen LogP contribution in [0.2, 0.25) is 0 Å². The summed E-state index contributed by atoms with van der Waals surface area (Å²) < 4.78 is 0. The van der Waals surface area contributed by atoms with Crippen molar-refractivity contribution < 1.29 is 0 Å². The minimum Gasteiger partial charge on any atom is -0.261 e. The fraction of sp³-hybridized carbons (Fsp3) is 0.333. The summed E-state index contributed by atoms with van der Waals surface area (Å²) in [4.78, 5) is 6.50. The average Bonchev–Trinajstić information content (AvgIpc) is 2.17. The summed E-state index contributed by atoms with van der Waals surface area (Å²) in [6, 6.07) is 0. The Morgan fingerprint density at radius 1 is 1.78 bits per heavy atom. The van der Waals surface area contributed by atoms with Crippen LogP contribution in [-0.2, 0) is 0 Å². The number of hydrogen-bond donors (Lipinski definition) is 2. The molecule has 0 saturated heterocycles. The number of rotatable bonds is 1. The predicted molar refractivity (Wildman–Crippen MR) is 28.1 cm³/mol. The van der Waals surface area contributed by atoms with Crippen molar-refractivity contribution in [3.05, 3.63) is 5.82 Å². The molecule has 0 saturated carbocycles. The first-order valence-electron chi connectivity index (χ1n) is 2.29. The van der Waals surface area contributed by atoms with Crippen molar-refractivity contribution in [3.63, 3.8) is 0 Å². The van der Waals surface area contributed by atoms with Crippen LogP contribution in [0, 0.1) is 12.5 Å². The van der Waals surface area contributed by atoms with Crippen LogP contribution in [0.15, 0.2) is 5.11 Å². The van der Waals surface area contributed by atoms with E-state index in [-0.39, 0.29) is 5.95 Å². The van der Waals surface area contributed by atoms with Gasteiger partial charge < -0.3 is 0 Å². The van der Waals surface area contributed by atoms with E-state index >= 15 is 0 Å². The molecule has 1 aromatic heterocycles. The van der Waals surface area contributed by atoms with E-state index in [4.69, 9.17) is 5.53 Å². The molecule has 0 atom stereocenters. The average molecular weight is 125 g/mol. The second kappa shape index (κ2) is 2.15. The van der Waals surface area contributed by atoms with Crippen LogP contribution in [0.25, 0.3) is 0 Å². The third-order valence-electron chi connectivity index (χ3n) is 0.725. The Labute approximate surface area is 50.5 Å². The largest absolute Gasteiger partial charge is 0.355 e. The quantitative estimate of drug-likeness (QED) is 0.417. The first-order chi connectivity index (χ1) is 4.33. The molecule has 46 valence electrons. The topological polar surface area (TPSA) is 91.9 Å². The summed E-state index contributed by atoms with van der Waals surface area (Å²) in [6.45, 7) is 1.75. The van der Waals surface area contributed by atoms with Crippen molar-refractivity contribution in [2.45, 2.75) is 6.92 Å². The van der Waals surface area contributed by atoms with E-state index in [1.807, 2.05) is 0 Å². The Hall–Kier alpha value is -1.55. The minimum atomic E-state index is 0.197. The molecule has 1 aromatic rings. The van der Waals surface area contributed by atoms with E-state index in [9.17, 15) is 0 Å². The van der Waals surface area contributed by atoms with Crippen molar-refractivity contribution in [1.82, 2.24) is 20.1 Å². The normalized spacial score (nSPS) is 8.56. The van der Waals surface area contributed by atoms with Gasteiger partial charge in [-0.2, -0.15) is 4.98 Å². The van der Waals surface area contributed by atoms with E-state index < -0.39 is 0 Å². The van der Waals surface area contributed by atoms with Crippen molar-refractivity contribution >= 4 is 5.95 Å². The zero-order chi connectivity index (χ0) is 6.69. The zero-order valence-electron chi connectivity index (χ0n) is 4.79. The lowest BCUT2D eigenvalue weighted by Gasteiger charge is -1.66. The third-order valence-corrected chi connectivity index (χ3v) is 0.725. The van der Waals surface area contributed by atoms with Crippen molar-refractivity contribution in [2.24, 2.45) is 5.11 Å². The van der Waals surface area contributed by atoms with Gasteiger partial charge in [0.15, 0.2) is 0 Å². The molecular weight excluding hydrogens is 120 g/mol. The van der Waals surface area contributed by atoms with E-state index in [0.717, 1.165) is 0 Å². The van der Waals surface area contributed by atoms with Gasteiger partial charge in [-0.3, -0.25) is 5.10 Å². The van der Waals surface area contributed by atoms with Crippen LogP contribution >= 0.6 is 0 Å². The second-order valence-electron chi connectivity index (χ2n) is 1.42. The molecule has 1 rings (SSSR count). The smallest absolute Gasteiger partial charge is 0.261 e. The van der Waals surface area contributed by atoms with Crippen molar-refractivity contribution in [3.8, 4) is 0 Å². The number of nitrogens with one attached hydrogen (secondary N) is 2. The van der Waals surface area contributed by atoms with Crippen LogP contribution in [0.3, 0.4) is 0 Å². The summed E-state index contributed by atoms with van der Waals surface area (Å²) in [6.07, 6.45) is 0. The molecule has 0 radical (unpaired) electrons. The molecule has 0 aliphatic rings. The maximum absolute atomic E-state index is 6.31. The van der Waals surface area contributed by atoms with Gasteiger partial charge in [0.25, 0.3) is 0 Å². The molecule has 0 spiro atoms.